The molecule has 1 heterocycles. The van der Waals surface area contributed by atoms with E-state index in [1.54, 1.807) is 42.5 Å². The number of nitrogens with one attached hydrogen (secondary N) is 1. The molecule has 0 spiro atoms. The molecule has 3 aromatic carbocycles. The maximum atomic E-state index is 13.8. The first kappa shape index (κ1) is 22.3. The SMILES string of the molecule is O=C(CSc1nc2cc(Cl)ccc2c(=O)n1-c1ccc(Cl)cc1)Nc1ccc(F)cc1F. The lowest BCUT2D eigenvalue weighted by Gasteiger charge is -2.13. The van der Waals surface area contributed by atoms with Crippen LogP contribution < -0.4 is 10.9 Å². The first-order chi connectivity index (χ1) is 15.3. The number of anilines is 1. The fraction of sp³-hybridized carbons (Fsp3) is 0.0455. The molecule has 0 fully saturated rings. The molecule has 0 unspecified atom stereocenters. The van der Waals surface area contributed by atoms with Crippen molar-refractivity contribution < 1.29 is 13.6 Å². The smallest absolute Gasteiger partial charge is 0.266 e. The van der Waals surface area contributed by atoms with Crippen molar-refractivity contribution in [2.24, 2.45) is 0 Å². The van der Waals surface area contributed by atoms with Crippen LogP contribution in [0.1, 0.15) is 0 Å². The van der Waals surface area contributed by atoms with Crippen LogP contribution in [0.15, 0.2) is 70.6 Å². The highest BCUT2D eigenvalue weighted by Gasteiger charge is 2.16. The lowest BCUT2D eigenvalue weighted by molar-refractivity contribution is -0.113. The minimum Gasteiger partial charge on any atom is -0.323 e. The molecule has 162 valence electrons. The van der Waals surface area contributed by atoms with E-state index in [2.05, 4.69) is 10.3 Å². The second-order valence-corrected chi connectivity index (χ2v) is 8.45. The van der Waals surface area contributed by atoms with E-state index in [4.69, 9.17) is 23.2 Å². The Morgan fingerprint density at radius 1 is 1.00 bits per heavy atom. The molecule has 4 aromatic rings. The van der Waals surface area contributed by atoms with Crippen LogP contribution >= 0.6 is 35.0 Å². The zero-order valence-corrected chi connectivity index (χ0v) is 18.4. The first-order valence-electron chi connectivity index (χ1n) is 9.18. The van der Waals surface area contributed by atoms with Gasteiger partial charge in [0.1, 0.15) is 11.6 Å². The first-order valence-corrected chi connectivity index (χ1v) is 10.9. The molecule has 1 amide bonds. The Balaban J connectivity index is 1.68. The molecule has 0 saturated heterocycles. The number of rotatable bonds is 5. The molecule has 32 heavy (non-hydrogen) atoms. The third-order valence-corrected chi connectivity index (χ3v) is 5.85. The van der Waals surface area contributed by atoms with E-state index >= 15 is 0 Å². The number of thioether (sulfide) groups is 1. The maximum absolute atomic E-state index is 13.8. The molecule has 0 aliphatic rings. The third-order valence-electron chi connectivity index (χ3n) is 4.42. The molecule has 1 aromatic heterocycles. The summed E-state index contributed by atoms with van der Waals surface area (Å²) in [6.07, 6.45) is 0. The number of hydrogen-bond donors (Lipinski definition) is 1. The predicted molar refractivity (Wildman–Crippen MR) is 123 cm³/mol. The summed E-state index contributed by atoms with van der Waals surface area (Å²) in [6, 6.07) is 14.2. The summed E-state index contributed by atoms with van der Waals surface area (Å²) in [5.41, 5.74) is 0.392. The molecule has 4 rings (SSSR count). The van der Waals surface area contributed by atoms with Crippen LogP contribution in [0.25, 0.3) is 16.6 Å². The molecule has 0 aliphatic carbocycles. The van der Waals surface area contributed by atoms with Crippen LogP contribution in [0.2, 0.25) is 10.0 Å². The van der Waals surface area contributed by atoms with E-state index in [9.17, 15) is 18.4 Å². The topological polar surface area (TPSA) is 64.0 Å². The number of benzene rings is 3. The van der Waals surface area contributed by atoms with E-state index in [0.29, 0.717) is 32.7 Å². The van der Waals surface area contributed by atoms with E-state index in [1.165, 1.54) is 4.57 Å². The molecule has 0 saturated carbocycles. The van der Waals surface area contributed by atoms with E-state index < -0.39 is 17.5 Å². The Morgan fingerprint density at radius 3 is 2.44 bits per heavy atom. The average Bonchev–Trinajstić information content (AvgIpc) is 2.75. The molecule has 0 bridgehead atoms. The van der Waals surface area contributed by atoms with Gasteiger partial charge in [-0.15, -0.1) is 0 Å². The Bertz CT molecular complexity index is 1390. The van der Waals surface area contributed by atoms with Gasteiger partial charge in [-0.1, -0.05) is 35.0 Å². The van der Waals surface area contributed by atoms with Gasteiger partial charge >= 0.3 is 0 Å². The summed E-state index contributed by atoms with van der Waals surface area (Å²) < 4.78 is 28.2. The van der Waals surface area contributed by atoms with Crippen LogP contribution in [-0.4, -0.2) is 21.2 Å². The van der Waals surface area contributed by atoms with Crippen molar-refractivity contribution in [3.05, 3.63) is 92.7 Å². The van der Waals surface area contributed by atoms with Crippen molar-refractivity contribution in [2.45, 2.75) is 5.16 Å². The molecule has 0 radical (unpaired) electrons. The highest BCUT2D eigenvalue weighted by atomic mass is 35.5. The second-order valence-electron chi connectivity index (χ2n) is 6.63. The summed E-state index contributed by atoms with van der Waals surface area (Å²) >= 11 is 13.0. The quantitative estimate of drug-likeness (QED) is 0.287. The van der Waals surface area contributed by atoms with Crippen LogP contribution in [0.4, 0.5) is 14.5 Å². The number of carbonyl (C=O) groups excluding carboxylic acids is 1. The molecular formula is C22H13Cl2F2N3O2S. The molecule has 1 N–H and O–H groups in total. The fourth-order valence-electron chi connectivity index (χ4n) is 2.96. The number of halogens is 4. The summed E-state index contributed by atoms with van der Waals surface area (Å²) in [5, 5.41) is 3.88. The fourth-order valence-corrected chi connectivity index (χ4v) is 4.07. The number of aromatic nitrogens is 2. The lowest BCUT2D eigenvalue weighted by Crippen LogP contribution is -2.23. The number of carbonyl (C=O) groups is 1. The molecule has 10 heteroatoms. The summed E-state index contributed by atoms with van der Waals surface area (Å²) in [6.45, 7) is 0. The molecule has 0 atom stereocenters. The normalized spacial score (nSPS) is 11.0. The second kappa shape index (κ2) is 9.28. The monoisotopic (exact) mass is 491 g/mol. The van der Waals surface area contributed by atoms with Crippen molar-refractivity contribution in [1.29, 1.82) is 0 Å². The van der Waals surface area contributed by atoms with Crippen molar-refractivity contribution in [3.8, 4) is 5.69 Å². The number of fused-ring (bicyclic) bond motifs is 1. The van der Waals surface area contributed by atoms with Crippen LogP contribution in [0, 0.1) is 11.6 Å². The van der Waals surface area contributed by atoms with Gasteiger partial charge in [-0.05, 0) is 54.6 Å². The van der Waals surface area contributed by atoms with Gasteiger partial charge in [0.05, 0.1) is 28.0 Å². The zero-order chi connectivity index (χ0) is 22.8. The van der Waals surface area contributed by atoms with Crippen molar-refractivity contribution in [1.82, 2.24) is 9.55 Å². The van der Waals surface area contributed by atoms with E-state index in [1.807, 2.05) is 0 Å². The highest BCUT2D eigenvalue weighted by molar-refractivity contribution is 7.99. The highest BCUT2D eigenvalue weighted by Crippen LogP contribution is 2.24. The van der Waals surface area contributed by atoms with Gasteiger partial charge in [0.15, 0.2) is 5.16 Å². The Morgan fingerprint density at radius 2 is 1.72 bits per heavy atom. The largest absolute Gasteiger partial charge is 0.323 e. The Kier molecular flexibility index (Phi) is 6.45. The van der Waals surface area contributed by atoms with Gasteiger partial charge in [-0.25, -0.2) is 13.8 Å². The van der Waals surface area contributed by atoms with E-state index in [-0.39, 0.29) is 22.2 Å². The van der Waals surface area contributed by atoms with Gasteiger partial charge in [-0.3, -0.25) is 14.2 Å². The minimum absolute atomic E-state index is 0.148. The summed E-state index contributed by atoms with van der Waals surface area (Å²) in [7, 11) is 0. The van der Waals surface area contributed by atoms with Crippen molar-refractivity contribution in [2.75, 3.05) is 11.1 Å². The summed E-state index contributed by atoms with van der Waals surface area (Å²) in [4.78, 5) is 30.1. The lowest BCUT2D eigenvalue weighted by atomic mass is 10.2. The molecular weight excluding hydrogens is 479 g/mol. The average molecular weight is 492 g/mol. The third kappa shape index (κ3) is 4.77. The van der Waals surface area contributed by atoms with Crippen LogP contribution in [-0.2, 0) is 4.79 Å². The maximum Gasteiger partial charge on any atom is 0.266 e. The van der Waals surface area contributed by atoms with Crippen LogP contribution in [0.3, 0.4) is 0 Å². The van der Waals surface area contributed by atoms with Gasteiger partial charge in [-0.2, -0.15) is 0 Å². The van der Waals surface area contributed by atoms with Gasteiger partial charge in [0, 0.05) is 16.1 Å². The van der Waals surface area contributed by atoms with E-state index in [0.717, 1.165) is 23.9 Å². The van der Waals surface area contributed by atoms with Crippen molar-refractivity contribution >= 4 is 57.5 Å². The Labute approximate surface area is 195 Å². The number of amides is 1. The standard InChI is InChI=1S/C22H13Cl2F2N3O2S/c23-12-1-5-15(6-2-12)29-21(31)16-7-3-13(24)9-19(16)28-22(29)32-11-20(30)27-18-8-4-14(25)10-17(18)26/h1-10H,11H2,(H,27,30). The van der Waals surface area contributed by atoms with Crippen molar-refractivity contribution in [3.63, 3.8) is 0 Å². The summed E-state index contributed by atoms with van der Waals surface area (Å²) in [5.74, 6) is -2.37. The van der Waals surface area contributed by atoms with Gasteiger partial charge < -0.3 is 5.32 Å². The Hall–Kier alpha value is -2.94. The number of nitrogens with zero attached hydrogens (tertiary/aromatic N) is 2. The minimum atomic E-state index is -0.889. The predicted octanol–water partition coefficient (Wildman–Crippen LogP) is 5.70. The number of hydrogen-bond acceptors (Lipinski definition) is 4. The molecule has 0 aliphatic heterocycles. The van der Waals surface area contributed by atoms with Gasteiger partial charge in [0.2, 0.25) is 5.91 Å². The molecule has 5 nitrogen and oxygen atoms in total. The van der Waals surface area contributed by atoms with Gasteiger partial charge in [0.25, 0.3) is 5.56 Å². The zero-order valence-electron chi connectivity index (χ0n) is 16.1. The van der Waals surface area contributed by atoms with Crippen LogP contribution in [0.5, 0.6) is 0 Å².